The van der Waals surface area contributed by atoms with Gasteiger partial charge in [-0.2, -0.15) is 8.42 Å². The Kier molecular flexibility index (Phi) is 7.69. The van der Waals surface area contributed by atoms with Gasteiger partial charge in [0.2, 0.25) is 5.91 Å². The molecule has 1 amide bonds. The van der Waals surface area contributed by atoms with E-state index in [-0.39, 0.29) is 65.4 Å². The third-order valence-corrected chi connectivity index (χ3v) is 11.7. The van der Waals surface area contributed by atoms with Crippen molar-refractivity contribution in [2.24, 2.45) is 46.3 Å². The van der Waals surface area contributed by atoms with E-state index in [2.05, 4.69) is 26.1 Å². The van der Waals surface area contributed by atoms with Crippen LogP contribution in [0.1, 0.15) is 78.6 Å². The number of hydrogen-bond acceptors (Lipinski definition) is 6. The molecule has 35 heavy (non-hydrogen) atoms. The molecule has 5 N–H and O–H groups in total. The minimum atomic E-state index is -4.10. The predicted octanol–water partition coefficient (Wildman–Crippen LogP) is 2.37. The number of nitrogens with one attached hydrogen (secondary N) is 1. The second kappa shape index (κ2) is 9.86. The Hall–Kier alpha value is -0.740. The predicted molar refractivity (Wildman–Crippen MR) is 132 cm³/mol. The van der Waals surface area contributed by atoms with E-state index in [0.29, 0.717) is 18.8 Å². The first-order chi connectivity index (χ1) is 16.3. The standard InChI is InChI=1S/C26H45NO7S/c1-15(4-7-23(31)27-10-11-35(32,33)34)18-5-6-19-24-20(14-22(30)26(18,19)3)25(2)9-8-17(28)12-16(25)13-21(24)29/h15-22,24,28-30H,4-14H2,1-3H3,(H,27,31)(H,32,33,34)/t15?,16?,17-,18?,19?,20?,21-,22+,24?,25?,26?/m1/s1. The van der Waals surface area contributed by atoms with Crippen molar-refractivity contribution >= 4 is 16.0 Å². The van der Waals surface area contributed by atoms with Crippen LogP contribution in [-0.4, -0.2) is 64.8 Å². The van der Waals surface area contributed by atoms with E-state index in [9.17, 15) is 28.5 Å². The molecular formula is C26H45NO7S. The van der Waals surface area contributed by atoms with Gasteiger partial charge in [0.1, 0.15) is 0 Å². The van der Waals surface area contributed by atoms with Gasteiger partial charge in [0.05, 0.1) is 24.1 Å². The molecule has 4 aliphatic carbocycles. The molecule has 0 spiro atoms. The summed E-state index contributed by atoms with van der Waals surface area (Å²) < 4.78 is 30.5. The molecule has 4 rings (SSSR count). The highest BCUT2D eigenvalue weighted by molar-refractivity contribution is 7.85. The first-order valence-corrected chi connectivity index (χ1v) is 15.1. The molecule has 0 aliphatic heterocycles. The summed E-state index contributed by atoms with van der Waals surface area (Å²) in [5.41, 5.74) is -0.254. The van der Waals surface area contributed by atoms with Crippen LogP contribution in [-0.2, 0) is 14.9 Å². The summed E-state index contributed by atoms with van der Waals surface area (Å²) in [6.45, 7) is 6.56. The van der Waals surface area contributed by atoms with Crippen LogP contribution in [0.25, 0.3) is 0 Å². The number of carbonyl (C=O) groups is 1. The molecule has 0 radical (unpaired) electrons. The molecule has 4 fully saturated rings. The zero-order valence-corrected chi connectivity index (χ0v) is 22.2. The fourth-order valence-corrected chi connectivity index (χ4v) is 9.46. The van der Waals surface area contributed by atoms with Crippen LogP contribution in [0, 0.1) is 46.3 Å². The summed E-state index contributed by atoms with van der Waals surface area (Å²) >= 11 is 0. The van der Waals surface area contributed by atoms with E-state index in [1.165, 1.54) is 0 Å². The van der Waals surface area contributed by atoms with Crippen molar-refractivity contribution in [3.8, 4) is 0 Å². The average molecular weight is 516 g/mol. The Bertz CT molecular complexity index is 896. The van der Waals surface area contributed by atoms with Gasteiger partial charge in [-0.3, -0.25) is 9.35 Å². The summed E-state index contributed by atoms with van der Waals surface area (Å²) in [6, 6.07) is 0. The summed E-state index contributed by atoms with van der Waals surface area (Å²) in [6.07, 6.45) is 5.67. The molecule has 202 valence electrons. The lowest BCUT2D eigenvalue weighted by Crippen LogP contribution is -2.62. The number of aliphatic hydroxyl groups is 3. The Morgan fingerprint density at radius 3 is 2.46 bits per heavy atom. The molecule has 8 nitrogen and oxygen atoms in total. The highest BCUT2D eigenvalue weighted by atomic mass is 32.2. The van der Waals surface area contributed by atoms with Crippen LogP contribution in [0.15, 0.2) is 0 Å². The minimum absolute atomic E-state index is 0.0509. The SMILES string of the molecule is CC(CCC(=O)NCCS(=O)(=O)O)C1CCC2C3C(C[C@H](O)C12C)C1(C)CC[C@@H](O)CC1C[C@H]3O. The lowest BCUT2D eigenvalue weighted by Gasteiger charge is -2.63. The van der Waals surface area contributed by atoms with Crippen molar-refractivity contribution in [1.82, 2.24) is 5.32 Å². The Morgan fingerprint density at radius 2 is 1.77 bits per heavy atom. The van der Waals surface area contributed by atoms with Gasteiger partial charge in [-0.15, -0.1) is 0 Å². The summed E-state index contributed by atoms with van der Waals surface area (Å²) in [5, 5.41) is 35.8. The molecule has 9 heteroatoms. The van der Waals surface area contributed by atoms with Crippen molar-refractivity contribution in [2.45, 2.75) is 96.9 Å². The van der Waals surface area contributed by atoms with Crippen LogP contribution in [0.4, 0.5) is 0 Å². The highest BCUT2D eigenvalue weighted by Gasteiger charge is 2.65. The van der Waals surface area contributed by atoms with Crippen LogP contribution < -0.4 is 5.32 Å². The van der Waals surface area contributed by atoms with Crippen LogP contribution in [0.2, 0.25) is 0 Å². The van der Waals surface area contributed by atoms with Gasteiger partial charge in [-0.1, -0.05) is 20.8 Å². The highest BCUT2D eigenvalue weighted by Crippen LogP contribution is 2.68. The van der Waals surface area contributed by atoms with E-state index in [1.54, 1.807) is 0 Å². The summed E-state index contributed by atoms with van der Waals surface area (Å²) in [4.78, 5) is 12.2. The number of fused-ring (bicyclic) bond motifs is 5. The largest absolute Gasteiger partial charge is 0.393 e. The van der Waals surface area contributed by atoms with Crippen molar-refractivity contribution in [3.63, 3.8) is 0 Å². The molecular weight excluding hydrogens is 470 g/mol. The van der Waals surface area contributed by atoms with Gasteiger partial charge >= 0.3 is 0 Å². The Morgan fingerprint density at radius 1 is 1.06 bits per heavy atom. The third-order valence-electron chi connectivity index (χ3n) is 11.0. The first-order valence-electron chi connectivity index (χ1n) is 13.5. The van der Waals surface area contributed by atoms with Gasteiger partial charge in [-0.25, -0.2) is 0 Å². The molecule has 0 aromatic rings. The quantitative estimate of drug-likeness (QED) is 0.327. The second-order valence-electron chi connectivity index (χ2n) is 12.7. The zero-order chi connectivity index (χ0) is 25.8. The van der Waals surface area contributed by atoms with Gasteiger partial charge in [0, 0.05) is 13.0 Å². The smallest absolute Gasteiger partial charge is 0.266 e. The number of rotatable bonds is 7. The molecule has 4 aliphatic rings. The topological polar surface area (TPSA) is 144 Å². The molecule has 0 heterocycles. The van der Waals surface area contributed by atoms with Crippen LogP contribution in [0.3, 0.4) is 0 Å². The number of amides is 1. The van der Waals surface area contributed by atoms with Crippen molar-refractivity contribution in [1.29, 1.82) is 0 Å². The number of aliphatic hydroxyl groups excluding tert-OH is 3. The number of carbonyl (C=O) groups excluding carboxylic acids is 1. The lowest BCUT2D eigenvalue weighted by molar-refractivity contribution is -0.207. The van der Waals surface area contributed by atoms with Gasteiger partial charge in [0.25, 0.3) is 10.1 Å². The molecule has 0 aromatic carbocycles. The maximum Gasteiger partial charge on any atom is 0.266 e. The van der Waals surface area contributed by atoms with Crippen LogP contribution >= 0.6 is 0 Å². The Labute approximate surface area is 210 Å². The van der Waals surface area contributed by atoms with E-state index < -0.39 is 28.1 Å². The van der Waals surface area contributed by atoms with Gasteiger partial charge in [0.15, 0.2) is 0 Å². The second-order valence-corrected chi connectivity index (χ2v) is 14.2. The molecule has 4 saturated carbocycles. The minimum Gasteiger partial charge on any atom is -0.393 e. The van der Waals surface area contributed by atoms with Gasteiger partial charge < -0.3 is 20.6 Å². The van der Waals surface area contributed by atoms with E-state index in [4.69, 9.17) is 4.55 Å². The molecule has 11 atom stereocenters. The molecule has 8 unspecified atom stereocenters. The average Bonchev–Trinajstić information content (AvgIpc) is 3.12. The fourth-order valence-electron chi connectivity index (χ4n) is 9.10. The summed E-state index contributed by atoms with van der Waals surface area (Å²) in [7, 11) is -4.10. The van der Waals surface area contributed by atoms with E-state index in [1.807, 2.05) is 0 Å². The third kappa shape index (κ3) is 5.05. The molecule has 0 aromatic heterocycles. The normalized spacial score (nSPS) is 46.3. The van der Waals surface area contributed by atoms with Crippen molar-refractivity contribution < 1.29 is 33.1 Å². The summed E-state index contributed by atoms with van der Waals surface area (Å²) in [5.74, 6) is 0.705. The fraction of sp³-hybridized carbons (Fsp3) is 0.962. The molecule has 0 saturated heterocycles. The zero-order valence-electron chi connectivity index (χ0n) is 21.4. The monoisotopic (exact) mass is 515 g/mol. The number of hydrogen-bond donors (Lipinski definition) is 5. The van der Waals surface area contributed by atoms with Crippen LogP contribution in [0.5, 0.6) is 0 Å². The Balaban J connectivity index is 1.43. The van der Waals surface area contributed by atoms with Crippen molar-refractivity contribution in [3.05, 3.63) is 0 Å². The maximum atomic E-state index is 12.2. The maximum absolute atomic E-state index is 12.2. The van der Waals surface area contributed by atoms with E-state index >= 15 is 0 Å². The van der Waals surface area contributed by atoms with Crippen molar-refractivity contribution in [2.75, 3.05) is 12.3 Å². The van der Waals surface area contributed by atoms with Gasteiger partial charge in [-0.05, 0) is 97.7 Å². The first kappa shape index (κ1) is 27.3. The molecule has 0 bridgehead atoms. The lowest BCUT2D eigenvalue weighted by atomic mass is 9.43. The van der Waals surface area contributed by atoms with E-state index in [0.717, 1.165) is 38.5 Å².